The topological polar surface area (TPSA) is 47.3 Å². The minimum absolute atomic E-state index is 0.114. The summed E-state index contributed by atoms with van der Waals surface area (Å²) in [5, 5.41) is 19.4. The number of benzene rings is 1. The Balaban J connectivity index is 3.13. The third-order valence-electron chi connectivity index (χ3n) is 2.58. The van der Waals surface area contributed by atoms with Gasteiger partial charge in [-0.05, 0) is 31.3 Å². The minimum Gasteiger partial charge on any atom is -0.508 e. The summed E-state index contributed by atoms with van der Waals surface area (Å²) >= 11 is 5.87. The van der Waals surface area contributed by atoms with Crippen LogP contribution in [0.15, 0.2) is 18.2 Å². The van der Waals surface area contributed by atoms with E-state index in [-0.39, 0.29) is 5.75 Å². The van der Waals surface area contributed by atoms with Gasteiger partial charge in [-0.2, -0.15) is 5.26 Å². The third-order valence-corrected chi connectivity index (χ3v) is 2.82. The van der Waals surface area contributed by atoms with Gasteiger partial charge in [0.1, 0.15) is 11.8 Å². The molecule has 1 unspecified atom stereocenters. The highest BCUT2D eigenvalue weighted by molar-refractivity contribution is 6.30. The standard InChI is InChI=1S/C12H15ClN2O/c1-3-15(4-2)11(8-14)10-7-9(13)5-6-12(10)16/h5-7,11,16H,3-4H2,1-2H3. The van der Waals surface area contributed by atoms with Crippen LogP contribution in [-0.4, -0.2) is 23.1 Å². The van der Waals surface area contributed by atoms with Gasteiger partial charge in [0.15, 0.2) is 0 Å². The predicted octanol–water partition coefficient (Wildman–Crippen LogP) is 2.95. The Bertz CT molecular complexity index is 396. The summed E-state index contributed by atoms with van der Waals surface area (Å²) in [6.07, 6.45) is 0. The molecule has 0 radical (unpaired) electrons. The van der Waals surface area contributed by atoms with Crippen LogP contribution in [-0.2, 0) is 0 Å². The number of aromatic hydroxyl groups is 1. The van der Waals surface area contributed by atoms with Gasteiger partial charge >= 0.3 is 0 Å². The maximum absolute atomic E-state index is 9.74. The molecule has 0 saturated heterocycles. The molecular formula is C12H15ClN2O. The van der Waals surface area contributed by atoms with E-state index in [2.05, 4.69) is 6.07 Å². The quantitative estimate of drug-likeness (QED) is 0.877. The molecule has 3 nitrogen and oxygen atoms in total. The minimum atomic E-state index is -0.450. The van der Waals surface area contributed by atoms with Crippen molar-refractivity contribution in [3.05, 3.63) is 28.8 Å². The second-order valence-corrected chi connectivity index (χ2v) is 3.89. The van der Waals surface area contributed by atoms with Gasteiger partial charge in [-0.1, -0.05) is 25.4 Å². The maximum Gasteiger partial charge on any atom is 0.127 e. The lowest BCUT2D eigenvalue weighted by Crippen LogP contribution is -2.27. The molecule has 1 aromatic rings. The zero-order chi connectivity index (χ0) is 12.1. The fourth-order valence-electron chi connectivity index (χ4n) is 1.68. The number of rotatable bonds is 4. The maximum atomic E-state index is 9.74. The van der Waals surface area contributed by atoms with E-state index in [1.807, 2.05) is 18.7 Å². The van der Waals surface area contributed by atoms with E-state index in [1.165, 1.54) is 6.07 Å². The molecule has 0 aliphatic carbocycles. The normalized spacial score (nSPS) is 12.4. The van der Waals surface area contributed by atoms with Crippen molar-refractivity contribution in [3.8, 4) is 11.8 Å². The summed E-state index contributed by atoms with van der Waals surface area (Å²) in [6, 6.07) is 6.51. The molecule has 16 heavy (non-hydrogen) atoms. The smallest absolute Gasteiger partial charge is 0.127 e. The van der Waals surface area contributed by atoms with E-state index in [0.29, 0.717) is 10.6 Å². The van der Waals surface area contributed by atoms with Crippen LogP contribution in [0.1, 0.15) is 25.5 Å². The molecule has 1 aromatic carbocycles. The number of hydrogen-bond acceptors (Lipinski definition) is 3. The van der Waals surface area contributed by atoms with Gasteiger partial charge < -0.3 is 5.11 Å². The first kappa shape index (κ1) is 12.8. The summed E-state index contributed by atoms with van der Waals surface area (Å²) in [7, 11) is 0. The zero-order valence-electron chi connectivity index (χ0n) is 9.44. The molecule has 0 fully saturated rings. The Kier molecular flexibility index (Phi) is 4.60. The number of nitrogens with zero attached hydrogens (tertiary/aromatic N) is 2. The van der Waals surface area contributed by atoms with Crippen LogP contribution < -0.4 is 0 Å². The Labute approximate surface area is 101 Å². The first-order chi connectivity index (χ1) is 7.63. The molecule has 0 aliphatic rings. The first-order valence-corrected chi connectivity index (χ1v) is 5.63. The number of phenols is 1. The van der Waals surface area contributed by atoms with Gasteiger partial charge in [0.05, 0.1) is 6.07 Å². The molecule has 86 valence electrons. The molecule has 1 atom stereocenters. The van der Waals surface area contributed by atoms with Crippen LogP contribution in [0.2, 0.25) is 5.02 Å². The van der Waals surface area contributed by atoms with Crippen LogP contribution >= 0.6 is 11.6 Å². The lowest BCUT2D eigenvalue weighted by atomic mass is 10.1. The van der Waals surface area contributed by atoms with Crippen molar-refractivity contribution >= 4 is 11.6 Å². The van der Waals surface area contributed by atoms with Crippen LogP contribution in [0, 0.1) is 11.3 Å². The van der Waals surface area contributed by atoms with Crippen LogP contribution in [0.3, 0.4) is 0 Å². The van der Waals surface area contributed by atoms with Crippen molar-refractivity contribution in [2.24, 2.45) is 0 Å². The second-order valence-electron chi connectivity index (χ2n) is 3.46. The van der Waals surface area contributed by atoms with Gasteiger partial charge in [-0.3, -0.25) is 4.90 Å². The molecule has 1 N–H and O–H groups in total. The molecule has 0 aromatic heterocycles. The molecule has 0 aliphatic heterocycles. The van der Waals surface area contributed by atoms with E-state index in [9.17, 15) is 10.4 Å². The summed E-state index contributed by atoms with van der Waals surface area (Å²) in [6.45, 7) is 5.46. The van der Waals surface area contributed by atoms with Gasteiger partial charge in [-0.15, -0.1) is 0 Å². The third kappa shape index (κ3) is 2.66. The lowest BCUT2D eigenvalue weighted by Gasteiger charge is -2.24. The van der Waals surface area contributed by atoms with Crippen molar-refractivity contribution in [1.82, 2.24) is 4.90 Å². The Morgan fingerprint density at radius 2 is 2.06 bits per heavy atom. The van der Waals surface area contributed by atoms with E-state index in [1.54, 1.807) is 12.1 Å². The molecule has 0 bridgehead atoms. The average Bonchev–Trinajstić information content (AvgIpc) is 2.29. The van der Waals surface area contributed by atoms with E-state index >= 15 is 0 Å². The number of phenolic OH excluding ortho intramolecular Hbond substituents is 1. The van der Waals surface area contributed by atoms with E-state index < -0.39 is 6.04 Å². The van der Waals surface area contributed by atoms with Gasteiger partial charge in [0.25, 0.3) is 0 Å². The van der Waals surface area contributed by atoms with Crippen molar-refractivity contribution < 1.29 is 5.11 Å². The first-order valence-electron chi connectivity index (χ1n) is 5.26. The summed E-state index contributed by atoms with van der Waals surface area (Å²) in [5.41, 5.74) is 0.568. The van der Waals surface area contributed by atoms with Gasteiger partial charge in [-0.25, -0.2) is 0 Å². The highest BCUT2D eigenvalue weighted by atomic mass is 35.5. The average molecular weight is 239 g/mol. The molecule has 0 heterocycles. The Hall–Kier alpha value is -1.24. The predicted molar refractivity (Wildman–Crippen MR) is 64.4 cm³/mol. The lowest BCUT2D eigenvalue weighted by molar-refractivity contribution is 0.258. The zero-order valence-corrected chi connectivity index (χ0v) is 10.2. The fraction of sp³-hybridized carbons (Fsp3) is 0.417. The molecule has 4 heteroatoms. The monoisotopic (exact) mass is 238 g/mol. The Morgan fingerprint density at radius 3 is 2.56 bits per heavy atom. The van der Waals surface area contributed by atoms with Gasteiger partial charge in [0, 0.05) is 10.6 Å². The largest absolute Gasteiger partial charge is 0.508 e. The van der Waals surface area contributed by atoms with Crippen molar-refractivity contribution in [1.29, 1.82) is 5.26 Å². The molecule has 0 spiro atoms. The van der Waals surface area contributed by atoms with Crippen LogP contribution in [0.25, 0.3) is 0 Å². The van der Waals surface area contributed by atoms with Crippen molar-refractivity contribution in [3.63, 3.8) is 0 Å². The molecule has 1 rings (SSSR count). The van der Waals surface area contributed by atoms with Gasteiger partial charge in [0.2, 0.25) is 0 Å². The van der Waals surface area contributed by atoms with E-state index in [0.717, 1.165) is 13.1 Å². The van der Waals surface area contributed by atoms with Crippen LogP contribution in [0.4, 0.5) is 0 Å². The fourth-order valence-corrected chi connectivity index (χ4v) is 1.86. The number of nitriles is 1. The highest BCUT2D eigenvalue weighted by Crippen LogP contribution is 2.30. The number of halogens is 1. The molecule has 0 amide bonds. The summed E-state index contributed by atoms with van der Waals surface area (Å²) < 4.78 is 0. The van der Waals surface area contributed by atoms with Crippen LogP contribution in [0.5, 0.6) is 5.75 Å². The number of hydrogen-bond donors (Lipinski definition) is 1. The van der Waals surface area contributed by atoms with E-state index in [4.69, 9.17) is 11.6 Å². The molecule has 0 saturated carbocycles. The summed E-state index contributed by atoms with van der Waals surface area (Å²) in [4.78, 5) is 1.96. The van der Waals surface area contributed by atoms with Crippen molar-refractivity contribution in [2.45, 2.75) is 19.9 Å². The molecular weight excluding hydrogens is 224 g/mol. The highest BCUT2D eigenvalue weighted by Gasteiger charge is 2.20. The Morgan fingerprint density at radius 1 is 1.44 bits per heavy atom. The second kappa shape index (κ2) is 5.74. The summed E-state index contributed by atoms with van der Waals surface area (Å²) in [5.74, 6) is 0.114. The van der Waals surface area contributed by atoms with Crippen molar-refractivity contribution in [2.75, 3.05) is 13.1 Å². The SMILES string of the molecule is CCN(CC)C(C#N)c1cc(Cl)ccc1O.